The Labute approximate surface area is 707 Å². The molecule has 12 heterocycles. The number of hydrogen-bond donors (Lipinski definition) is 7. The number of fused-ring (bicyclic) bond motifs is 3. The zero-order valence-corrected chi connectivity index (χ0v) is 68.9. The minimum Gasteiger partial charge on any atom is -0.481 e. The van der Waals surface area contributed by atoms with E-state index in [-0.39, 0.29) is 75.2 Å². The van der Waals surface area contributed by atoms with E-state index in [2.05, 4.69) is 107 Å². The number of hydrogen-bond acceptors (Lipinski definition) is 27. The van der Waals surface area contributed by atoms with Crippen LogP contribution in [0.4, 0.5) is 41.8 Å². The SMILES string of the molecule is CC#CCOC(=O)N1CCN(Cc2ccc(-c3cc(-c4ncccn4)c4nc(NC(=O)OCC)[nH]c4c3)cn2)CC1.CCOC(=O)Nc1nc2c(-c3ncccn3)cc(-c3ccc(CN4CCN(C(=O)CCC(=O)O)CC4)nc3)cc2[nH]1.CCOC(=O)Nc1nc2c(-c3ncccn3)cc(-c3ccc(CN4CCN(C(=O)OCC(C)C)CC4)nc3)cc2[nH]1. The summed E-state index contributed by atoms with van der Waals surface area (Å²) in [5, 5.41) is 16.6. The van der Waals surface area contributed by atoms with Gasteiger partial charge in [0.25, 0.3) is 0 Å². The monoisotopic (exact) mass is 1670 g/mol. The van der Waals surface area contributed by atoms with Crippen LogP contribution in [0.5, 0.6) is 0 Å². The number of benzene rings is 3. The Kier molecular flexibility index (Phi) is 29.4. The molecule has 0 radical (unpaired) electrons. The molecule has 15 rings (SSSR count). The Morgan fingerprint density at radius 1 is 0.423 bits per heavy atom. The van der Waals surface area contributed by atoms with Crippen LogP contribution in [0, 0.1) is 17.8 Å². The summed E-state index contributed by atoms with van der Waals surface area (Å²) in [7, 11) is 0. The predicted molar refractivity (Wildman–Crippen MR) is 456 cm³/mol. The van der Waals surface area contributed by atoms with E-state index in [0.717, 1.165) is 82.2 Å². The summed E-state index contributed by atoms with van der Waals surface area (Å²) >= 11 is 0. The number of carboxylic acids is 1. The highest BCUT2D eigenvalue weighted by molar-refractivity contribution is 6.00. The van der Waals surface area contributed by atoms with Crippen LogP contribution in [-0.4, -0.2) is 263 Å². The van der Waals surface area contributed by atoms with Crippen molar-refractivity contribution in [3.63, 3.8) is 0 Å². The average Bonchev–Trinajstić information content (AvgIpc) is 1.67. The van der Waals surface area contributed by atoms with Crippen molar-refractivity contribution >= 4 is 93.3 Å². The van der Waals surface area contributed by atoms with Crippen molar-refractivity contribution < 1.29 is 62.4 Å². The molecule has 6 amide bonds. The second kappa shape index (κ2) is 41.9. The van der Waals surface area contributed by atoms with Gasteiger partial charge in [0, 0.05) is 194 Å². The maximum Gasteiger partial charge on any atom is 0.413 e. The molecule has 3 aliphatic heterocycles. The predicted octanol–water partition coefficient (Wildman–Crippen LogP) is 11.6. The molecule has 3 aromatic carbocycles. The first-order valence-corrected chi connectivity index (χ1v) is 40.3. The number of amides is 6. The highest BCUT2D eigenvalue weighted by Crippen LogP contribution is 2.36. The van der Waals surface area contributed by atoms with E-state index >= 15 is 0 Å². The molecule has 0 aliphatic carbocycles. The van der Waals surface area contributed by atoms with Gasteiger partial charge in [-0.2, -0.15) is 0 Å². The summed E-state index contributed by atoms with van der Waals surface area (Å²) in [6.07, 6.45) is 13.1. The minimum atomic E-state index is -0.962. The first kappa shape index (κ1) is 86.3. The third-order valence-corrected chi connectivity index (χ3v) is 19.8. The lowest BCUT2D eigenvalue weighted by atomic mass is 10.0. The number of ether oxygens (including phenoxy) is 5. The Hall–Kier alpha value is -14.5. The molecule has 37 heteroatoms. The van der Waals surface area contributed by atoms with Crippen LogP contribution in [0.15, 0.2) is 147 Å². The number of aliphatic carboxylic acids is 1. The molecule has 3 aliphatic rings. The fourth-order valence-corrected chi connectivity index (χ4v) is 13.7. The summed E-state index contributed by atoms with van der Waals surface area (Å²) in [5.41, 5.74) is 14.3. The lowest BCUT2D eigenvalue weighted by Crippen LogP contribution is -2.48. The van der Waals surface area contributed by atoms with Crippen molar-refractivity contribution in [1.82, 2.24) is 104 Å². The molecule has 0 unspecified atom stereocenters. The van der Waals surface area contributed by atoms with Crippen molar-refractivity contribution in [3.8, 4) is 79.4 Å². The number of carboxylic acid groups (broad SMARTS) is 1. The number of piperazine rings is 3. The van der Waals surface area contributed by atoms with Crippen molar-refractivity contribution in [2.24, 2.45) is 5.92 Å². The molecule has 7 N–H and O–H groups in total. The second-order valence-electron chi connectivity index (χ2n) is 28.9. The zero-order valence-electron chi connectivity index (χ0n) is 68.9. The van der Waals surface area contributed by atoms with Crippen LogP contribution >= 0.6 is 0 Å². The number of rotatable bonds is 24. The molecule has 3 saturated heterocycles. The van der Waals surface area contributed by atoms with Crippen LogP contribution in [0.25, 0.3) is 101 Å². The van der Waals surface area contributed by atoms with Crippen LogP contribution in [0.3, 0.4) is 0 Å². The second-order valence-corrected chi connectivity index (χ2v) is 28.9. The Bertz CT molecular complexity index is 5690. The smallest absolute Gasteiger partial charge is 0.413 e. The fraction of sp³-hybridized carbons (Fsp3) is 0.337. The largest absolute Gasteiger partial charge is 0.481 e. The minimum absolute atomic E-state index is 0.0318. The molecular formula is C86H94N24O13. The molecule has 3 fully saturated rings. The van der Waals surface area contributed by atoms with Crippen LogP contribution in [-0.2, 0) is 52.9 Å². The average molecular weight is 1670 g/mol. The number of anilines is 3. The molecule has 0 bridgehead atoms. The summed E-state index contributed by atoms with van der Waals surface area (Å²) in [4.78, 5) is 159. The van der Waals surface area contributed by atoms with Gasteiger partial charge in [-0.1, -0.05) is 38.0 Å². The van der Waals surface area contributed by atoms with E-state index in [0.29, 0.717) is 146 Å². The van der Waals surface area contributed by atoms with Crippen molar-refractivity contribution in [3.05, 3.63) is 164 Å². The summed E-state index contributed by atoms with van der Waals surface area (Å²) in [6, 6.07) is 29.0. The number of imidazole rings is 3. The van der Waals surface area contributed by atoms with Crippen LogP contribution in [0.2, 0.25) is 0 Å². The van der Waals surface area contributed by atoms with Gasteiger partial charge in [0.15, 0.2) is 24.1 Å². The molecule has 37 nitrogen and oxygen atoms in total. The van der Waals surface area contributed by atoms with Gasteiger partial charge >= 0.3 is 36.4 Å². The normalized spacial score (nSPS) is 13.7. The summed E-state index contributed by atoms with van der Waals surface area (Å²) < 4.78 is 25.4. The van der Waals surface area contributed by atoms with E-state index in [1.165, 1.54) is 0 Å². The lowest BCUT2D eigenvalue weighted by Gasteiger charge is -2.34. The van der Waals surface area contributed by atoms with E-state index < -0.39 is 24.2 Å². The Balaban J connectivity index is 0.000000159. The van der Waals surface area contributed by atoms with Crippen molar-refractivity contribution in [1.29, 1.82) is 0 Å². The fourth-order valence-electron chi connectivity index (χ4n) is 13.7. The Morgan fingerprint density at radius 2 is 0.756 bits per heavy atom. The quantitative estimate of drug-likeness (QED) is 0.0218. The lowest BCUT2D eigenvalue weighted by molar-refractivity contribution is -0.141. The van der Waals surface area contributed by atoms with Gasteiger partial charge in [-0.3, -0.25) is 55.2 Å². The number of nitrogens with one attached hydrogen (secondary N) is 6. The van der Waals surface area contributed by atoms with Gasteiger partial charge in [-0.15, -0.1) is 5.92 Å². The van der Waals surface area contributed by atoms with E-state index in [4.69, 9.17) is 38.8 Å². The van der Waals surface area contributed by atoms with Crippen molar-refractivity contribution in [2.75, 3.05) is 128 Å². The van der Waals surface area contributed by atoms with Gasteiger partial charge in [0.2, 0.25) is 23.8 Å². The maximum absolute atomic E-state index is 12.2. The number of pyridine rings is 3. The molecule has 12 aromatic rings. The molecule has 123 heavy (non-hydrogen) atoms. The molecule has 9 aromatic heterocycles. The van der Waals surface area contributed by atoms with E-state index in [1.807, 2.05) is 105 Å². The first-order valence-electron chi connectivity index (χ1n) is 40.3. The van der Waals surface area contributed by atoms with E-state index in [1.54, 1.807) is 97.8 Å². The third kappa shape index (κ3) is 23.5. The van der Waals surface area contributed by atoms with Gasteiger partial charge in [0.1, 0.15) is 16.6 Å². The standard InChI is InChI=1S/C29H34N8O4.C29H30N8O4.C28H30N8O5/c1-4-40-28(38)35-27-33-24-15-21(14-23(25(24)34-27)26-30-8-5-9-31-26)20-6-7-22(32-16-20)17-36-10-12-37(13-11-36)29(39)41-18-19(2)3;1-3-5-15-41-29(39)37-13-11-36(12-14-37)19-22-8-7-20(18-32-22)21-16-23(26-30-9-6-10-31-26)25-24(17-21)33-27(34-25)35-28(38)40-4-2;1-2-41-28(40)34-27-32-22-15-19(14-21(25(22)33-27)26-29-8-3-9-30-26)18-4-5-20(31-16-18)17-35-10-12-36(13-11-35)23(37)6-7-24(38)39/h5-9,14-16,19H,4,10-13,17-18H2,1-3H3,(H2,33,34,35,38);6-10,16-18H,4,11-15,19H2,1-2H3,(H2,33,34,35,38);3-5,8-9,14-16H,2,6-7,10-13,17H2,1H3,(H,38,39)(H2,32,33,34,40). The van der Waals surface area contributed by atoms with Crippen LogP contribution < -0.4 is 16.0 Å². The van der Waals surface area contributed by atoms with Gasteiger partial charge < -0.3 is 58.4 Å². The Morgan fingerprint density at radius 3 is 1.06 bits per heavy atom. The number of aromatic nitrogens is 15. The molecule has 0 spiro atoms. The maximum atomic E-state index is 12.2. The van der Waals surface area contributed by atoms with Gasteiger partial charge in [-0.05, 0) is 123 Å². The molecular weight excluding hydrogens is 1580 g/mol. The molecule has 0 saturated carbocycles. The molecule has 0 atom stereocenters. The third-order valence-electron chi connectivity index (χ3n) is 19.8. The topological polar surface area (TPSA) is 443 Å². The van der Waals surface area contributed by atoms with Gasteiger partial charge in [-0.25, -0.2) is 68.8 Å². The number of carbonyl (C=O) groups excluding carboxylic acids is 6. The number of H-pyrrole nitrogens is 3. The summed E-state index contributed by atoms with van der Waals surface area (Å²) in [5.74, 6) is 7.02. The summed E-state index contributed by atoms with van der Waals surface area (Å²) in [6.45, 7) is 22.3. The van der Waals surface area contributed by atoms with E-state index in [9.17, 15) is 33.6 Å². The number of carbonyl (C=O) groups is 7. The molecule has 636 valence electrons. The highest BCUT2D eigenvalue weighted by Gasteiger charge is 2.28. The number of nitrogens with zero attached hydrogens (tertiary/aromatic N) is 18. The highest BCUT2D eigenvalue weighted by atomic mass is 16.6. The van der Waals surface area contributed by atoms with Crippen LogP contribution in [0.1, 0.15) is 71.5 Å². The number of aromatic amines is 3. The zero-order chi connectivity index (χ0) is 86.1. The van der Waals surface area contributed by atoms with Crippen molar-refractivity contribution in [2.45, 2.75) is 74.0 Å². The van der Waals surface area contributed by atoms with Gasteiger partial charge in [0.05, 0.1) is 66.5 Å². The first-order chi connectivity index (χ1) is 59.8.